The number of nitrogens with zero attached hydrogens (tertiary/aromatic N) is 3. The van der Waals surface area contributed by atoms with Crippen molar-refractivity contribution in [2.45, 2.75) is 19.9 Å². The van der Waals surface area contributed by atoms with E-state index in [1.807, 2.05) is 18.7 Å². The van der Waals surface area contributed by atoms with E-state index in [1.54, 1.807) is 12.4 Å². The summed E-state index contributed by atoms with van der Waals surface area (Å²) in [7, 11) is 0. The van der Waals surface area contributed by atoms with Gasteiger partial charge in [0.1, 0.15) is 0 Å². The number of aromatic nitrogens is 2. The minimum Gasteiger partial charge on any atom is -0.395 e. The molecule has 0 radical (unpaired) electrons. The Labute approximate surface area is 88.6 Å². The molecule has 0 fully saturated rings. The van der Waals surface area contributed by atoms with E-state index in [4.69, 9.17) is 16.7 Å². The molecule has 0 amide bonds. The minimum absolute atomic E-state index is 0.0745. The van der Waals surface area contributed by atoms with Gasteiger partial charge in [0.15, 0.2) is 11.0 Å². The van der Waals surface area contributed by atoms with Crippen LogP contribution in [0.15, 0.2) is 12.4 Å². The van der Waals surface area contributed by atoms with E-state index in [9.17, 15) is 0 Å². The Morgan fingerprint density at radius 2 is 2.07 bits per heavy atom. The summed E-state index contributed by atoms with van der Waals surface area (Å²) < 4.78 is 0. The topological polar surface area (TPSA) is 49.2 Å². The highest BCUT2D eigenvalue weighted by Gasteiger charge is 2.14. The van der Waals surface area contributed by atoms with E-state index in [0.29, 0.717) is 17.5 Å². The van der Waals surface area contributed by atoms with E-state index in [1.165, 1.54) is 0 Å². The molecule has 0 aliphatic carbocycles. The second kappa shape index (κ2) is 5.12. The van der Waals surface area contributed by atoms with Gasteiger partial charge in [0.25, 0.3) is 0 Å². The Morgan fingerprint density at radius 1 is 1.43 bits per heavy atom. The molecule has 78 valence electrons. The van der Waals surface area contributed by atoms with E-state index < -0.39 is 0 Å². The molecule has 0 spiro atoms. The lowest BCUT2D eigenvalue weighted by Gasteiger charge is -2.27. The van der Waals surface area contributed by atoms with Crippen LogP contribution in [0.1, 0.15) is 13.8 Å². The van der Waals surface area contributed by atoms with Gasteiger partial charge in [-0.3, -0.25) is 0 Å². The maximum atomic E-state index is 8.90. The molecule has 1 aromatic heterocycles. The van der Waals surface area contributed by atoms with Crippen molar-refractivity contribution in [3.8, 4) is 0 Å². The molecule has 0 aliphatic heterocycles. The van der Waals surface area contributed by atoms with Gasteiger partial charge in [0.05, 0.1) is 6.61 Å². The van der Waals surface area contributed by atoms with Crippen LogP contribution in [-0.4, -0.2) is 34.3 Å². The van der Waals surface area contributed by atoms with Crippen molar-refractivity contribution in [3.63, 3.8) is 0 Å². The summed E-state index contributed by atoms with van der Waals surface area (Å²) in [6, 6.07) is 0.233. The largest absolute Gasteiger partial charge is 0.395 e. The van der Waals surface area contributed by atoms with Crippen LogP contribution in [0, 0.1) is 0 Å². The van der Waals surface area contributed by atoms with Crippen molar-refractivity contribution in [1.82, 2.24) is 9.97 Å². The number of rotatable bonds is 4. The van der Waals surface area contributed by atoms with Crippen LogP contribution in [0.4, 0.5) is 5.82 Å². The zero-order valence-corrected chi connectivity index (χ0v) is 9.07. The van der Waals surface area contributed by atoms with Crippen LogP contribution in [-0.2, 0) is 0 Å². The second-order valence-corrected chi connectivity index (χ2v) is 3.54. The first kappa shape index (κ1) is 11.2. The number of aliphatic hydroxyl groups is 1. The van der Waals surface area contributed by atoms with Gasteiger partial charge in [-0.1, -0.05) is 11.6 Å². The average molecular weight is 216 g/mol. The van der Waals surface area contributed by atoms with Crippen molar-refractivity contribution in [2.24, 2.45) is 0 Å². The molecule has 1 rings (SSSR count). The zero-order chi connectivity index (χ0) is 10.6. The lowest BCUT2D eigenvalue weighted by molar-refractivity contribution is 0.298. The molecule has 0 atom stereocenters. The molecule has 0 aromatic carbocycles. The van der Waals surface area contributed by atoms with E-state index >= 15 is 0 Å². The molecule has 4 nitrogen and oxygen atoms in total. The number of hydrogen-bond acceptors (Lipinski definition) is 4. The maximum Gasteiger partial charge on any atom is 0.171 e. The standard InChI is InChI=1S/C9H14ClN3O/c1-7(2)13(5-6-14)9-8(10)11-3-4-12-9/h3-4,7,14H,5-6H2,1-2H3. The van der Waals surface area contributed by atoms with Gasteiger partial charge >= 0.3 is 0 Å². The van der Waals surface area contributed by atoms with Gasteiger partial charge in [-0.2, -0.15) is 0 Å². The zero-order valence-electron chi connectivity index (χ0n) is 8.31. The van der Waals surface area contributed by atoms with Gasteiger partial charge in [-0.15, -0.1) is 0 Å². The van der Waals surface area contributed by atoms with Crippen molar-refractivity contribution in [3.05, 3.63) is 17.5 Å². The molecular formula is C9H14ClN3O. The average Bonchev–Trinajstić information content (AvgIpc) is 2.15. The van der Waals surface area contributed by atoms with Crippen LogP contribution < -0.4 is 4.90 Å². The number of anilines is 1. The van der Waals surface area contributed by atoms with Crippen LogP contribution in [0.2, 0.25) is 5.15 Å². The van der Waals surface area contributed by atoms with E-state index in [0.717, 1.165) is 0 Å². The first-order valence-corrected chi connectivity index (χ1v) is 4.88. The summed E-state index contributed by atoms with van der Waals surface area (Å²) >= 11 is 5.90. The van der Waals surface area contributed by atoms with Crippen LogP contribution in [0.5, 0.6) is 0 Å². The Morgan fingerprint density at radius 3 is 2.57 bits per heavy atom. The Bertz CT molecular complexity index is 293. The monoisotopic (exact) mass is 215 g/mol. The van der Waals surface area contributed by atoms with Crippen molar-refractivity contribution >= 4 is 17.4 Å². The molecule has 1 N–H and O–H groups in total. The molecule has 1 heterocycles. The number of hydrogen-bond donors (Lipinski definition) is 1. The minimum atomic E-state index is 0.0745. The normalized spacial score (nSPS) is 10.6. The fourth-order valence-electron chi connectivity index (χ4n) is 1.22. The fourth-order valence-corrected chi connectivity index (χ4v) is 1.44. The van der Waals surface area contributed by atoms with Crippen LogP contribution in [0.3, 0.4) is 0 Å². The third kappa shape index (κ3) is 2.56. The highest BCUT2D eigenvalue weighted by molar-refractivity contribution is 6.31. The Kier molecular flexibility index (Phi) is 4.10. The quantitative estimate of drug-likeness (QED) is 0.824. The third-order valence-electron chi connectivity index (χ3n) is 1.87. The molecule has 0 unspecified atom stereocenters. The van der Waals surface area contributed by atoms with Gasteiger partial charge in [-0.05, 0) is 13.8 Å². The smallest absolute Gasteiger partial charge is 0.171 e. The molecule has 0 bridgehead atoms. The molecule has 14 heavy (non-hydrogen) atoms. The number of aliphatic hydroxyl groups excluding tert-OH is 1. The summed E-state index contributed by atoms with van der Waals surface area (Å²) in [5, 5.41) is 9.27. The van der Waals surface area contributed by atoms with Crippen molar-refractivity contribution < 1.29 is 5.11 Å². The van der Waals surface area contributed by atoms with Crippen LogP contribution >= 0.6 is 11.6 Å². The Balaban J connectivity index is 2.93. The lowest BCUT2D eigenvalue weighted by Crippen LogP contribution is -2.34. The number of halogens is 1. The van der Waals surface area contributed by atoms with Gasteiger partial charge in [0, 0.05) is 25.0 Å². The third-order valence-corrected chi connectivity index (χ3v) is 2.14. The first-order valence-electron chi connectivity index (χ1n) is 4.50. The first-order chi connectivity index (χ1) is 6.66. The highest BCUT2D eigenvalue weighted by Crippen LogP contribution is 2.21. The maximum absolute atomic E-state index is 8.90. The molecular weight excluding hydrogens is 202 g/mol. The van der Waals surface area contributed by atoms with Crippen LogP contribution in [0.25, 0.3) is 0 Å². The summed E-state index contributed by atoms with van der Waals surface area (Å²) in [4.78, 5) is 10.00. The lowest BCUT2D eigenvalue weighted by atomic mass is 10.3. The summed E-state index contributed by atoms with van der Waals surface area (Å²) in [5.74, 6) is 0.623. The van der Waals surface area contributed by atoms with Gasteiger partial charge in [0.2, 0.25) is 0 Å². The summed E-state index contributed by atoms with van der Waals surface area (Å²) in [6.45, 7) is 4.61. The highest BCUT2D eigenvalue weighted by atomic mass is 35.5. The van der Waals surface area contributed by atoms with Gasteiger partial charge < -0.3 is 10.0 Å². The van der Waals surface area contributed by atoms with Crippen molar-refractivity contribution in [2.75, 3.05) is 18.1 Å². The summed E-state index contributed by atoms with van der Waals surface area (Å²) in [6.07, 6.45) is 3.14. The van der Waals surface area contributed by atoms with E-state index in [2.05, 4.69) is 9.97 Å². The molecule has 0 aliphatic rings. The molecule has 0 saturated heterocycles. The van der Waals surface area contributed by atoms with E-state index in [-0.39, 0.29) is 12.6 Å². The van der Waals surface area contributed by atoms with Crippen molar-refractivity contribution in [1.29, 1.82) is 0 Å². The molecule has 0 saturated carbocycles. The summed E-state index contributed by atoms with van der Waals surface area (Å²) in [5.41, 5.74) is 0. The molecule has 1 aromatic rings. The SMILES string of the molecule is CC(C)N(CCO)c1nccnc1Cl. The second-order valence-electron chi connectivity index (χ2n) is 3.18. The predicted octanol–water partition coefficient (Wildman–Crippen LogP) is 1.34. The Hall–Kier alpha value is -0.870. The molecule has 5 heteroatoms. The fraction of sp³-hybridized carbons (Fsp3) is 0.556. The predicted molar refractivity (Wildman–Crippen MR) is 56.6 cm³/mol. The van der Waals surface area contributed by atoms with Gasteiger partial charge in [-0.25, -0.2) is 9.97 Å².